The lowest BCUT2D eigenvalue weighted by Gasteiger charge is -2.27. The maximum absolute atomic E-state index is 12.2. The van der Waals surface area contributed by atoms with Crippen LogP contribution in [0.3, 0.4) is 0 Å². The molecule has 1 aliphatic rings. The summed E-state index contributed by atoms with van der Waals surface area (Å²) in [4.78, 5) is 0.316. The molecule has 1 aromatic carbocycles. The Morgan fingerprint density at radius 2 is 1.85 bits per heavy atom. The molecule has 0 aromatic heterocycles. The molecule has 0 unspecified atom stereocenters. The third-order valence-corrected chi connectivity index (χ3v) is 5.62. The third kappa shape index (κ3) is 3.73. The quantitative estimate of drug-likeness (QED) is 0.906. The Bertz CT molecular complexity index is 534. The van der Waals surface area contributed by atoms with Crippen LogP contribution in [0, 0.1) is 0 Å². The molecule has 1 aliphatic carbocycles. The summed E-state index contributed by atoms with van der Waals surface area (Å²) < 4.78 is 30.4. The van der Waals surface area contributed by atoms with E-state index in [0.29, 0.717) is 17.1 Å². The lowest BCUT2D eigenvalue weighted by atomic mass is 9.94. The van der Waals surface area contributed by atoms with Crippen LogP contribution in [0.2, 0.25) is 0 Å². The van der Waals surface area contributed by atoms with E-state index in [0.717, 1.165) is 25.7 Å². The highest BCUT2D eigenvalue weighted by molar-refractivity contribution is 7.91. The van der Waals surface area contributed by atoms with Crippen LogP contribution in [0.5, 0.6) is 5.75 Å². The Labute approximate surface area is 121 Å². The van der Waals surface area contributed by atoms with Gasteiger partial charge in [-0.05, 0) is 44.2 Å². The number of para-hydroxylation sites is 1. The second-order valence-corrected chi connectivity index (χ2v) is 7.50. The molecule has 2 N–H and O–H groups in total. The first kappa shape index (κ1) is 15.3. The molecule has 0 atom stereocenters. The van der Waals surface area contributed by atoms with Gasteiger partial charge in [-0.3, -0.25) is 0 Å². The number of hydrogen-bond acceptors (Lipinski definition) is 4. The third-order valence-electron chi connectivity index (χ3n) is 3.67. The number of sulfone groups is 1. The largest absolute Gasteiger partial charge is 0.489 e. The zero-order valence-corrected chi connectivity index (χ0v) is 12.7. The summed E-state index contributed by atoms with van der Waals surface area (Å²) in [7, 11) is -3.25. The van der Waals surface area contributed by atoms with Gasteiger partial charge in [0, 0.05) is 6.04 Å². The second-order valence-electron chi connectivity index (χ2n) is 5.42. The lowest BCUT2D eigenvalue weighted by Crippen LogP contribution is -2.32. The minimum absolute atomic E-state index is 0.0766. The fraction of sp³-hybridized carbons (Fsp3) is 0.600. The summed E-state index contributed by atoms with van der Waals surface area (Å²) in [5, 5.41) is 0. The van der Waals surface area contributed by atoms with Gasteiger partial charge in [-0.1, -0.05) is 19.1 Å². The van der Waals surface area contributed by atoms with Crippen molar-refractivity contribution in [2.75, 3.05) is 5.75 Å². The monoisotopic (exact) mass is 297 g/mol. The molecule has 4 nitrogen and oxygen atoms in total. The molecule has 112 valence electrons. The molecule has 1 aromatic rings. The second kappa shape index (κ2) is 6.59. The van der Waals surface area contributed by atoms with Crippen LogP contribution in [0.4, 0.5) is 0 Å². The fourth-order valence-corrected chi connectivity index (χ4v) is 4.04. The van der Waals surface area contributed by atoms with Crippen LogP contribution in [0.1, 0.15) is 39.0 Å². The van der Waals surface area contributed by atoms with E-state index in [9.17, 15) is 8.42 Å². The van der Waals surface area contributed by atoms with Gasteiger partial charge in [-0.25, -0.2) is 8.42 Å². The number of rotatable bonds is 5. The zero-order valence-electron chi connectivity index (χ0n) is 11.9. The van der Waals surface area contributed by atoms with Crippen LogP contribution in [-0.4, -0.2) is 26.3 Å². The van der Waals surface area contributed by atoms with E-state index in [1.807, 2.05) is 13.0 Å². The molecule has 0 amide bonds. The van der Waals surface area contributed by atoms with Crippen LogP contribution < -0.4 is 10.5 Å². The molecule has 2 rings (SSSR count). The summed E-state index contributed by atoms with van der Waals surface area (Å²) in [5.41, 5.74) is 5.88. The first-order chi connectivity index (χ1) is 9.53. The molecular formula is C15H23NO3S. The van der Waals surface area contributed by atoms with Gasteiger partial charge in [0.25, 0.3) is 0 Å². The van der Waals surface area contributed by atoms with Crippen molar-refractivity contribution in [2.24, 2.45) is 5.73 Å². The van der Waals surface area contributed by atoms with E-state index in [4.69, 9.17) is 10.5 Å². The highest BCUT2D eigenvalue weighted by Crippen LogP contribution is 2.29. The Balaban J connectivity index is 2.16. The molecule has 1 fully saturated rings. The Hall–Kier alpha value is -1.07. The van der Waals surface area contributed by atoms with Gasteiger partial charge in [0.05, 0.1) is 11.9 Å². The van der Waals surface area contributed by atoms with Crippen LogP contribution in [0.25, 0.3) is 0 Å². The van der Waals surface area contributed by atoms with Gasteiger partial charge in [0.2, 0.25) is 0 Å². The molecule has 20 heavy (non-hydrogen) atoms. The van der Waals surface area contributed by atoms with Crippen LogP contribution in [0.15, 0.2) is 29.2 Å². The predicted octanol–water partition coefficient (Wildman–Crippen LogP) is 2.52. The number of hydrogen-bond donors (Lipinski definition) is 1. The average molecular weight is 297 g/mol. The van der Waals surface area contributed by atoms with Gasteiger partial charge >= 0.3 is 0 Å². The van der Waals surface area contributed by atoms with Crippen molar-refractivity contribution in [1.29, 1.82) is 0 Å². The smallest absolute Gasteiger partial charge is 0.182 e. The summed E-state index contributed by atoms with van der Waals surface area (Å²) in [6.07, 6.45) is 4.35. The molecule has 0 heterocycles. The maximum atomic E-state index is 12.2. The number of benzene rings is 1. The Morgan fingerprint density at radius 1 is 1.20 bits per heavy atom. The van der Waals surface area contributed by atoms with Gasteiger partial charge < -0.3 is 10.5 Å². The lowest BCUT2D eigenvalue weighted by molar-refractivity contribution is 0.143. The van der Waals surface area contributed by atoms with Gasteiger partial charge in [0.1, 0.15) is 10.6 Å². The van der Waals surface area contributed by atoms with E-state index in [2.05, 4.69) is 0 Å². The first-order valence-electron chi connectivity index (χ1n) is 7.27. The van der Waals surface area contributed by atoms with E-state index < -0.39 is 9.84 Å². The van der Waals surface area contributed by atoms with E-state index in [-0.39, 0.29) is 17.9 Å². The SMILES string of the molecule is CCCS(=O)(=O)c1ccccc1OC1CCC(N)CC1. The van der Waals surface area contributed by atoms with Crippen molar-refractivity contribution in [3.8, 4) is 5.75 Å². The molecule has 0 saturated heterocycles. The number of ether oxygens (including phenoxy) is 1. The van der Waals surface area contributed by atoms with E-state index in [1.54, 1.807) is 18.2 Å². The molecular weight excluding hydrogens is 274 g/mol. The minimum atomic E-state index is -3.25. The predicted molar refractivity (Wildman–Crippen MR) is 79.6 cm³/mol. The Kier molecular flexibility index (Phi) is 5.05. The topological polar surface area (TPSA) is 69.4 Å². The van der Waals surface area contributed by atoms with Crippen molar-refractivity contribution >= 4 is 9.84 Å². The highest BCUT2D eigenvalue weighted by atomic mass is 32.2. The van der Waals surface area contributed by atoms with Crippen molar-refractivity contribution in [3.63, 3.8) is 0 Å². The summed E-state index contributed by atoms with van der Waals surface area (Å²) in [5.74, 6) is 0.643. The molecule has 5 heteroatoms. The van der Waals surface area contributed by atoms with Crippen molar-refractivity contribution in [2.45, 2.75) is 56.1 Å². The molecule has 1 saturated carbocycles. The van der Waals surface area contributed by atoms with Crippen LogP contribution in [-0.2, 0) is 9.84 Å². The zero-order chi connectivity index (χ0) is 14.6. The van der Waals surface area contributed by atoms with Gasteiger partial charge in [0.15, 0.2) is 9.84 Å². The maximum Gasteiger partial charge on any atom is 0.182 e. The summed E-state index contributed by atoms with van der Waals surface area (Å²) in [6, 6.07) is 7.20. The molecule has 0 aliphatic heterocycles. The molecule has 0 bridgehead atoms. The number of nitrogens with two attached hydrogens (primary N) is 1. The van der Waals surface area contributed by atoms with Crippen molar-refractivity contribution in [1.82, 2.24) is 0 Å². The average Bonchev–Trinajstić information content (AvgIpc) is 2.42. The van der Waals surface area contributed by atoms with Gasteiger partial charge in [-0.2, -0.15) is 0 Å². The molecule has 0 spiro atoms. The van der Waals surface area contributed by atoms with E-state index in [1.165, 1.54) is 0 Å². The van der Waals surface area contributed by atoms with Gasteiger partial charge in [-0.15, -0.1) is 0 Å². The fourth-order valence-electron chi connectivity index (χ4n) is 2.57. The summed E-state index contributed by atoms with van der Waals surface area (Å²) in [6.45, 7) is 1.86. The van der Waals surface area contributed by atoms with E-state index >= 15 is 0 Å². The summed E-state index contributed by atoms with van der Waals surface area (Å²) >= 11 is 0. The Morgan fingerprint density at radius 3 is 2.50 bits per heavy atom. The van der Waals surface area contributed by atoms with Crippen molar-refractivity contribution < 1.29 is 13.2 Å². The standard InChI is InChI=1S/C15H23NO3S/c1-2-11-20(17,18)15-6-4-3-5-14(15)19-13-9-7-12(16)8-10-13/h3-6,12-13H,2,7-11,16H2,1H3. The first-order valence-corrected chi connectivity index (χ1v) is 8.92. The molecule has 0 radical (unpaired) electrons. The normalized spacial score (nSPS) is 23.5. The van der Waals surface area contributed by atoms with Crippen LogP contribution >= 0.6 is 0 Å². The van der Waals surface area contributed by atoms with Crippen molar-refractivity contribution in [3.05, 3.63) is 24.3 Å². The minimum Gasteiger partial charge on any atom is -0.489 e. The highest BCUT2D eigenvalue weighted by Gasteiger charge is 2.23.